The molecule has 5 nitrogen and oxygen atoms in total. The number of hydrogen-bond donors (Lipinski definition) is 2. The first-order valence-corrected chi connectivity index (χ1v) is 8.61. The lowest BCUT2D eigenvalue weighted by Gasteiger charge is -2.59. The molecule has 0 unspecified atom stereocenters. The van der Waals surface area contributed by atoms with Crippen molar-refractivity contribution in [3.63, 3.8) is 0 Å². The lowest BCUT2D eigenvalue weighted by atomic mass is 9.49. The minimum absolute atomic E-state index is 0.0506. The number of hydrogen-bond acceptors (Lipinski definition) is 3. The predicted octanol–water partition coefficient (Wildman–Crippen LogP) is 2.77. The Kier molecular flexibility index (Phi) is 3.15. The summed E-state index contributed by atoms with van der Waals surface area (Å²) in [5.74, 6) is 0.990. The maximum atomic E-state index is 12.7. The number of alkyl halides is 1. The SMILES string of the molecule is O=C(NNC(=O)C12C[C@H]3C[C@@H](CC(Br)(C3)C1)C2)c1ccco1. The van der Waals surface area contributed by atoms with Crippen LogP contribution < -0.4 is 10.9 Å². The monoisotopic (exact) mass is 366 g/mol. The van der Waals surface area contributed by atoms with Crippen LogP contribution in [0.15, 0.2) is 22.8 Å². The first-order valence-electron chi connectivity index (χ1n) is 7.81. The average Bonchev–Trinajstić information content (AvgIpc) is 2.95. The Bertz CT molecular complexity index is 599. The van der Waals surface area contributed by atoms with Gasteiger partial charge in [-0.3, -0.25) is 20.4 Å². The van der Waals surface area contributed by atoms with Crippen molar-refractivity contribution < 1.29 is 14.0 Å². The molecule has 0 saturated heterocycles. The van der Waals surface area contributed by atoms with E-state index < -0.39 is 5.91 Å². The van der Waals surface area contributed by atoms with Gasteiger partial charge in [-0.05, 0) is 62.5 Å². The molecule has 4 saturated carbocycles. The van der Waals surface area contributed by atoms with Crippen molar-refractivity contribution in [3.05, 3.63) is 24.2 Å². The molecule has 5 rings (SSSR count). The second-order valence-electron chi connectivity index (χ2n) is 7.28. The maximum absolute atomic E-state index is 12.7. The fraction of sp³-hybridized carbons (Fsp3) is 0.625. The number of amides is 2. The molecule has 0 spiro atoms. The summed E-state index contributed by atoms with van der Waals surface area (Å²) in [5.41, 5.74) is 4.77. The Morgan fingerprint density at radius 2 is 1.91 bits per heavy atom. The third kappa shape index (κ3) is 2.28. The highest BCUT2D eigenvalue weighted by molar-refractivity contribution is 9.10. The van der Waals surface area contributed by atoms with Gasteiger partial charge in [0.1, 0.15) is 0 Å². The highest BCUT2D eigenvalue weighted by atomic mass is 79.9. The van der Waals surface area contributed by atoms with Gasteiger partial charge in [-0.1, -0.05) is 15.9 Å². The van der Waals surface area contributed by atoms with Gasteiger partial charge in [0.2, 0.25) is 5.91 Å². The molecule has 6 heteroatoms. The molecule has 2 N–H and O–H groups in total. The van der Waals surface area contributed by atoms with Crippen molar-refractivity contribution in [2.45, 2.75) is 42.8 Å². The molecule has 4 aliphatic carbocycles. The number of carbonyl (C=O) groups is 2. The molecule has 1 aromatic rings. The Labute approximate surface area is 137 Å². The molecule has 118 valence electrons. The van der Waals surface area contributed by atoms with Gasteiger partial charge in [0.05, 0.1) is 11.7 Å². The summed E-state index contributed by atoms with van der Waals surface area (Å²) in [7, 11) is 0. The molecular formula is C16H19BrN2O3. The predicted molar refractivity (Wildman–Crippen MR) is 83.1 cm³/mol. The van der Waals surface area contributed by atoms with Crippen LogP contribution in [0.1, 0.15) is 49.1 Å². The number of rotatable bonds is 2. The standard InChI is InChI=1S/C16H19BrN2O3/c17-16-7-10-4-11(8-16)6-15(5-10,9-16)14(21)19-18-13(20)12-2-1-3-22-12/h1-3,10-11H,4-9H2,(H,18,20)(H,19,21)/t10-,11-,15?,16?/m1/s1. The second kappa shape index (κ2) is 4.85. The largest absolute Gasteiger partial charge is 0.459 e. The first-order chi connectivity index (χ1) is 10.5. The van der Waals surface area contributed by atoms with Gasteiger partial charge >= 0.3 is 5.91 Å². The molecule has 1 heterocycles. The van der Waals surface area contributed by atoms with Crippen LogP contribution in [0.4, 0.5) is 0 Å². The van der Waals surface area contributed by atoms with E-state index in [2.05, 4.69) is 26.8 Å². The average molecular weight is 367 g/mol. The Hall–Kier alpha value is -1.30. The number of halogens is 1. The van der Waals surface area contributed by atoms with Gasteiger partial charge in [0, 0.05) is 4.32 Å². The quantitative estimate of drug-likeness (QED) is 0.624. The zero-order valence-electron chi connectivity index (χ0n) is 12.2. The summed E-state index contributed by atoms with van der Waals surface area (Å²) in [6, 6.07) is 3.21. The van der Waals surface area contributed by atoms with Gasteiger partial charge < -0.3 is 4.42 Å². The summed E-state index contributed by atoms with van der Waals surface area (Å²) < 4.78 is 5.15. The topological polar surface area (TPSA) is 71.3 Å². The zero-order valence-corrected chi connectivity index (χ0v) is 13.8. The smallest absolute Gasteiger partial charge is 0.305 e. The normalized spacial score (nSPS) is 38.8. The second-order valence-corrected chi connectivity index (χ2v) is 8.96. The van der Waals surface area contributed by atoms with Crippen LogP contribution >= 0.6 is 15.9 Å². The van der Waals surface area contributed by atoms with Crippen LogP contribution in [-0.2, 0) is 4.79 Å². The van der Waals surface area contributed by atoms with Crippen molar-refractivity contribution in [1.82, 2.24) is 10.9 Å². The molecule has 1 aromatic heterocycles. The van der Waals surface area contributed by atoms with E-state index in [1.807, 2.05) is 0 Å². The van der Waals surface area contributed by atoms with Crippen molar-refractivity contribution in [1.29, 1.82) is 0 Å². The van der Waals surface area contributed by atoms with E-state index in [1.54, 1.807) is 12.1 Å². The van der Waals surface area contributed by atoms with E-state index in [4.69, 9.17) is 4.42 Å². The molecule has 0 aromatic carbocycles. The minimum atomic E-state index is -0.420. The molecular weight excluding hydrogens is 348 g/mol. The summed E-state index contributed by atoms with van der Waals surface area (Å²) in [6.45, 7) is 0. The summed E-state index contributed by atoms with van der Waals surface area (Å²) in [5, 5.41) is 0. The number of furan rings is 1. The van der Waals surface area contributed by atoms with E-state index in [-0.39, 0.29) is 21.4 Å². The van der Waals surface area contributed by atoms with Gasteiger partial charge in [-0.15, -0.1) is 0 Å². The molecule has 2 amide bonds. The summed E-state index contributed by atoms with van der Waals surface area (Å²) in [6.07, 6.45) is 7.80. The van der Waals surface area contributed by atoms with Gasteiger partial charge in [0.15, 0.2) is 5.76 Å². The zero-order chi connectivity index (χ0) is 15.4. The third-order valence-electron chi connectivity index (χ3n) is 5.51. The maximum Gasteiger partial charge on any atom is 0.305 e. The van der Waals surface area contributed by atoms with Crippen molar-refractivity contribution in [2.75, 3.05) is 0 Å². The van der Waals surface area contributed by atoms with Crippen LogP contribution in [0, 0.1) is 17.3 Å². The molecule has 0 radical (unpaired) electrons. The summed E-state index contributed by atoms with van der Waals surface area (Å²) in [4.78, 5) is 24.6. The van der Waals surface area contributed by atoms with E-state index in [0.29, 0.717) is 11.8 Å². The number of nitrogens with one attached hydrogen (secondary N) is 2. The third-order valence-corrected chi connectivity index (χ3v) is 6.43. The Morgan fingerprint density at radius 1 is 1.18 bits per heavy atom. The Morgan fingerprint density at radius 3 is 2.50 bits per heavy atom. The first kappa shape index (κ1) is 14.3. The molecule has 4 aliphatic rings. The Balaban J connectivity index is 1.45. The highest BCUT2D eigenvalue weighted by Crippen LogP contribution is 2.64. The van der Waals surface area contributed by atoms with Crippen molar-refractivity contribution in [2.24, 2.45) is 17.3 Å². The molecule has 4 fully saturated rings. The van der Waals surface area contributed by atoms with Crippen LogP contribution in [0.25, 0.3) is 0 Å². The van der Waals surface area contributed by atoms with Crippen LogP contribution in [0.3, 0.4) is 0 Å². The van der Waals surface area contributed by atoms with E-state index in [0.717, 1.165) is 19.3 Å². The highest BCUT2D eigenvalue weighted by Gasteiger charge is 2.59. The van der Waals surface area contributed by atoms with Crippen LogP contribution in [0.5, 0.6) is 0 Å². The van der Waals surface area contributed by atoms with Gasteiger partial charge in [0.25, 0.3) is 0 Å². The molecule has 22 heavy (non-hydrogen) atoms. The molecule has 2 atom stereocenters. The van der Waals surface area contributed by atoms with E-state index in [1.165, 1.54) is 25.5 Å². The van der Waals surface area contributed by atoms with E-state index in [9.17, 15) is 9.59 Å². The fourth-order valence-electron chi connectivity index (χ4n) is 5.13. The van der Waals surface area contributed by atoms with Gasteiger partial charge in [-0.2, -0.15) is 0 Å². The fourth-order valence-corrected chi connectivity index (χ4v) is 6.58. The molecule has 0 aliphatic heterocycles. The molecule has 4 bridgehead atoms. The lowest BCUT2D eigenvalue weighted by molar-refractivity contribution is -0.144. The van der Waals surface area contributed by atoms with Gasteiger partial charge in [-0.25, -0.2) is 0 Å². The van der Waals surface area contributed by atoms with Crippen molar-refractivity contribution >= 4 is 27.7 Å². The van der Waals surface area contributed by atoms with Crippen molar-refractivity contribution in [3.8, 4) is 0 Å². The summed E-state index contributed by atoms with van der Waals surface area (Å²) >= 11 is 3.89. The lowest BCUT2D eigenvalue weighted by Crippen LogP contribution is -2.60. The number of carbonyl (C=O) groups excluding carboxylic acids is 2. The minimum Gasteiger partial charge on any atom is -0.459 e. The van der Waals surface area contributed by atoms with Crippen LogP contribution in [-0.4, -0.2) is 16.1 Å². The van der Waals surface area contributed by atoms with Crippen LogP contribution in [0.2, 0.25) is 0 Å². The number of hydrazine groups is 1. The van der Waals surface area contributed by atoms with E-state index >= 15 is 0 Å².